The van der Waals surface area contributed by atoms with Crippen LogP contribution in [-0.4, -0.2) is 29.8 Å². The van der Waals surface area contributed by atoms with Crippen LogP contribution in [0.3, 0.4) is 0 Å². The molecule has 2 aliphatic carbocycles. The van der Waals surface area contributed by atoms with Gasteiger partial charge in [-0.05, 0) is 49.8 Å². The molecule has 0 unspecified atom stereocenters. The largest absolute Gasteiger partial charge is 0.293 e. The van der Waals surface area contributed by atoms with E-state index in [2.05, 4.69) is 4.90 Å². The third kappa shape index (κ3) is 3.50. The van der Waals surface area contributed by atoms with Crippen LogP contribution in [0.4, 0.5) is 0 Å². The van der Waals surface area contributed by atoms with Crippen LogP contribution >= 0.6 is 23.2 Å². The number of carbonyl (C=O) groups excluding carboxylic acids is 1. The number of carbonyl (C=O) groups is 1. The highest BCUT2D eigenvalue weighted by Gasteiger charge is 2.34. The number of benzene rings is 1. The first-order valence-corrected chi connectivity index (χ1v) is 7.61. The molecule has 0 heterocycles. The third-order valence-electron chi connectivity index (χ3n) is 3.83. The van der Waals surface area contributed by atoms with Crippen molar-refractivity contribution in [2.45, 2.75) is 31.7 Å². The van der Waals surface area contributed by atoms with E-state index in [1.54, 1.807) is 18.2 Å². The minimum Gasteiger partial charge on any atom is -0.293 e. The lowest BCUT2D eigenvalue weighted by atomic mass is 10.1. The fourth-order valence-corrected chi connectivity index (χ4v) is 2.79. The molecule has 0 radical (unpaired) electrons. The molecule has 1 aromatic carbocycles. The third-order valence-corrected chi connectivity index (χ3v) is 4.39. The monoisotopic (exact) mass is 297 g/mol. The van der Waals surface area contributed by atoms with Crippen molar-refractivity contribution in [1.29, 1.82) is 0 Å². The highest BCUT2D eigenvalue weighted by Crippen LogP contribution is 2.35. The number of halogens is 2. The number of nitrogens with zero attached hydrogens (tertiary/aromatic N) is 1. The van der Waals surface area contributed by atoms with Gasteiger partial charge in [-0.25, -0.2) is 0 Å². The van der Waals surface area contributed by atoms with Gasteiger partial charge < -0.3 is 0 Å². The summed E-state index contributed by atoms with van der Waals surface area (Å²) in [5, 5.41) is 1.06. The van der Waals surface area contributed by atoms with Crippen molar-refractivity contribution in [3.05, 3.63) is 33.8 Å². The smallest absolute Gasteiger partial charge is 0.178 e. The Bertz CT molecular complexity index is 495. The standard InChI is InChI=1S/C15H17Cl2NO/c16-11-3-6-14(17)13(7-11)15(19)9-18(12-4-5-12)8-10-1-2-10/h3,6-7,10,12H,1-2,4-5,8-9H2. The van der Waals surface area contributed by atoms with Crippen LogP contribution in [0, 0.1) is 5.92 Å². The van der Waals surface area contributed by atoms with Crippen LogP contribution in [-0.2, 0) is 0 Å². The van der Waals surface area contributed by atoms with Crippen molar-refractivity contribution in [1.82, 2.24) is 4.90 Å². The highest BCUT2D eigenvalue weighted by atomic mass is 35.5. The lowest BCUT2D eigenvalue weighted by Crippen LogP contribution is -2.33. The highest BCUT2D eigenvalue weighted by molar-refractivity contribution is 6.36. The van der Waals surface area contributed by atoms with Crippen molar-refractivity contribution in [3.8, 4) is 0 Å². The summed E-state index contributed by atoms with van der Waals surface area (Å²) in [7, 11) is 0. The van der Waals surface area contributed by atoms with E-state index in [9.17, 15) is 4.79 Å². The van der Waals surface area contributed by atoms with Gasteiger partial charge in [0.2, 0.25) is 0 Å². The van der Waals surface area contributed by atoms with Gasteiger partial charge in [-0.15, -0.1) is 0 Å². The number of rotatable bonds is 6. The zero-order valence-electron chi connectivity index (χ0n) is 10.7. The molecular weight excluding hydrogens is 281 g/mol. The maximum absolute atomic E-state index is 12.4. The average Bonchev–Trinajstić information content (AvgIpc) is 3.24. The van der Waals surface area contributed by atoms with E-state index in [1.165, 1.54) is 25.7 Å². The zero-order valence-corrected chi connectivity index (χ0v) is 12.3. The molecule has 2 aliphatic rings. The number of hydrogen-bond donors (Lipinski definition) is 0. The molecule has 0 amide bonds. The Morgan fingerprint density at radius 3 is 2.58 bits per heavy atom. The van der Waals surface area contributed by atoms with Crippen molar-refractivity contribution < 1.29 is 4.79 Å². The second-order valence-corrected chi connectivity index (χ2v) is 6.49. The van der Waals surface area contributed by atoms with Gasteiger partial charge in [-0.2, -0.15) is 0 Å². The predicted molar refractivity (Wildman–Crippen MR) is 78.1 cm³/mol. The maximum Gasteiger partial charge on any atom is 0.178 e. The van der Waals surface area contributed by atoms with Crippen LogP contribution < -0.4 is 0 Å². The van der Waals surface area contributed by atoms with Crippen LogP contribution in [0.1, 0.15) is 36.0 Å². The summed E-state index contributed by atoms with van der Waals surface area (Å²) >= 11 is 12.0. The Labute approximate surface area is 123 Å². The fraction of sp³-hybridized carbons (Fsp3) is 0.533. The predicted octanol–water partition coefficient (Wildman–Crippen LogP) is 4.05. The molecule has 0 atom stereocenters. The molecule has 0 aliphatic heterocycles. The molecule has 19 heavy (non-hydrogen) atoms. The second kappa shape index (κ2) is 5.43. The number of ketones is 1. The molecule has 2 saturated carbocycles. The Hall–Kier alpha value is -0.570. The van der Waals surface area contributed by atoms with E-state index in [0.717, 1.165) is 12.5 Å². The molecule has 1 aromatic rings. The molecule has 0 aromatic heterocycles. The van der Waals surface area contributed by atoms with E-state index in [0.29, 0.717) is 28.2 Å². The lowest BCUT2D eigenvalue weighted by molar-refractivity contribution is 0.0921. The molecule has 2 fully saturated rings. The summed E-state index contributed by atoms with van der Waals surface area (Å²) in [4.78, 5) is 14.7. The van der Waals surface area contributed by atoms with Crippen LogP contribution in [0.2, 0.25) is 10.0 Å². The summed E-state index contributed by atoms with van der Waals surface area (Å²) < 4.78 is 0. The molecule has 3 rings (SSSR count). The summed E-state index contributed by atoms with van der Waals surface area (Å²) in [6.45, 7) is 1.54. The first-order valence-electron chi connectivity index (χ1n) is 6.86. The summed E-state index contributed by atoms with van der Waals surface area (Å²) in [6.07, 6.45) is 5.08. The SMILES string of the molecule is O=C(CN(CC1CC1)C1CC1)c1cc(Cl)ccc1Cl. The summed E-state index contributed by atoms with van der Waals surface area (Å²) in [5.74, 6) is 0.892. The quantitative estimate of drug-likeness (QED) is 0.738. The first kappa shape index (κ1) is 13.4. The minimum absolute atomic E-state index is 0.0834. The molecule has 2 nitrogen and oxygen atoms in total. The van der Waals surface area contributed by atoms with Crippen LogP contribution in [0.5, 0.6) is 0 Å². The second-order valence-electron chi connectivity index (χ2n) is 5.65. The number of Topliss-reactive ketones (excluding diaryl/α,β-unsaturated/α-hetero) is 1. The van der Waals surface area contributed by atoms with Gasteiger partial charge in [0.05, 0.1) is 11.6 Å². The van der Waals surface area contributed by atoms with Gasteiger partial charge in [-0.1, -0.05) is 23.2 Å². The van der Waals surface area contributed by atoms with E-state index in [4.69, 9.17) is 23.2 Å². The minimum atomic E-state index is 0.0834. The molecule has 0 spiro atoms. The van der Waals surface area contributed by atoms with Gasteiger partial charge in [0.25, 0.3) is 0 Å². The molecule has 0 bridgehead atoms. The van der Waals surface area contributed by atoms with Crippen LogP contribution in [0.15, 0.2) is 18.2 Å². The van der Waals surface area contributed by atoms with Crippen molar-refractivity contribution in [2.24, 2.45) is 5.92 Å². The van der Waals surface area contributed by atoms with Crippen LogP contribution in [0.25, 0.3) is 0 Å². The van der Waals surface area contributed by atoms with E-state index in [1.807, 2.05) is 0 Å². The normalized spacial score (nSPS) is 18.9. The number of hydrogen-bond acceptors (Lipinski definition) is 2. The lowest BCUT2D eigenvalue weighted by Gasteiger charge is -2.21. The van der Waals surface area contributed by atoms with Gasteiger partial charge in [0.1, 0.15) is 0 Å². The fourth-order valence-electron chi connectivity index (χ4n) is 2.40. The topological polar surface area (TPSA) is 20.3 Å². The zero-order chi connectivity index (χ0) is 13.4. The van der Waals surface area contributed by atoms with E-state index < -0.39 is 0 Å². The Balaban J connectivity index is 1.69. The Morgan fingerprint density at radius 1 is 1.21 bits per heavy atom. The van der Waals surface area contributed by atoms with Gasteiger partial charge in [0, 0.05) is 23.2 Å². The van der Waals surface area contributed by atoms with Gasteiger partial charge in [-0.3, -0.25) is 9.69 Å². The molecular formula is C15H17Cl2NO. The molecule has 102 valence electrons. The Morgan fingerprint density at radius 2 is 1.95 bits per heavy atom. The van der Waals surface area contributed by atoms with Crippen molar-refractivity contribution in [3.63, 3.8) is 0 Å². The van der Waals surface area contributed by atoms with Crippen molar-refractivity contribution in [2.75, 3.05) is 13.1 Å². The van der Waals surface area contributed by atoms with Gasteiger partial charge >= 0.3 is 0 Å². The average molecular weight is 298 g/mol. The van der Waals surface area contributed by atoms with E-state index >= 15 is 0 Å². The van der Waals surface area contributed by atoms with E-state index in [-0.39, 0.29) is 5.78 Å². The molecule has 0 saturated heterocycles. The summed E-state index contributed by atoms with van der Waals surface area (Å²) in [5.41, 5.74) is 0.551. The molecule has 4 heteroatoms. The summed E-state index contributed by atoms with van der Waals surface area (Å²) in [6, 6.07) is 5.69. The Kier molecular flexibility index (Phi) is 3.84. The van der Waals surface area contributed by atoms with Gasteiger partial charge in [0.15, 0.2) is 5.78 Å². The first-order chi connectivity index (χ1) is 9.13. The molecule has 0 N–H and O–H groups in total. The maximum atomic E-state index is 12.4. The van der Waals surface area contributed by atoms with Crippen molar-refractivity contribution >= 4 is 29.0 Å².